The van der Waals surface area contributed by atoms with Crippen molar-refractivity contribution >= 4 is 22.1 Å². The average Bonchev–Trinajstić information content (AvgIpc) is 3.50. The van der Waals surface area contributed by atoms with Crippen LogP contribution in [0.25, 0.3) is 22.1 Å². The molecule has 0 radical (unpaired) electrons. The Morgan fingerprint density at radius 3 is 1.14 bits per heavy atom. The third-order valence-corrected chi connectivity index (χ3v) is 5.10. The lowest BCUT2D eigenvalue weighted by Crippen LogP contribution is -1.78. The predicted octanol–water partition coefficient (Wildman–Crippen LogP) is 4.90. The number of hydrogen-bond acceptors (Lipinski definition) is 2. The molecule has 0 amide bonds. The number of H-pyrrole nitrogens is 3. The fourth-order valence-electron chi connectivity index (χ4n) is 3.71. The van der Waals surface area contributed by atoms with Crippen LogP contribution in [0.5, 0.6) is 0 Å². The van der Waals surface area contributed by atoms with Crippen LogP contribution in [0.2, 0.25) is 0 Å². The van der Waals surface area contributed by atoms with Gasteiger partial charge >= 0.3 is 0 Å². The summed E-state index contributed by atoms with van der Waals surface area (Å²) >= 11 is 0. The number of nitrogens with one attached hydrogen (secondary N) is 3. The zero-order valence-electron chi connectivity index (χ0n) is 16.2. The quantitative estimate of drug-likeness (QED) is 0.405. The number of hydrogen-bond donors (Lipinski definition) is 3. The molecule has 0 aromatic carbocycles. The first-order valence-electron chi connectivity index (χ1n) is 10.0. The van der Waals surface area contributed by atoms with Gasteiger partial charge in [-0.1, -0.05) is 0 Å². The van der Waals surface area contributed by atoms with E-state index in [2.05, 4.69) is 63.5 Å². The molecule has 4 aromatic rings. The highest BCUT2D eigenvalue weighted by atomic mass is 14.8. The van der Waals surface area contributed by atoms with Gasteiger partial charge in [0.25, 0.3) is 0 Å². The summed E-state index contributed by atoms with van der Waals surface area (Å²) in [6.45, 7) is 0. The van der Waals surface area contributed by atoms with Gasteiger partial charge in [-0.15, -0.1) is 0 Å². The minimum absolute atomic E-state index is 0.994. The number of rotatable bonds is 0. The van der Waals surface area contributed by atoms with Crippen molar-refractivity contribution in [2.45, 2.75) is 25.7 Å². The van der Waals surface area contributed by atoms with Crippen LogP contribution in [0.15, 0.2) is 73.1 Å². The summed E-state index contributed by atoms with van der Waals surface area (Å²) in [6, 6.07) is 20.9. The van der Waals surface area contributed by atoms with E-state index in [0.29, 0.717) is 0 Å². The minimum Gasteiger partial charge on any atom is -0.368 e. The van der Waals surface area contributed by atoms with Crippen molar-refractivity contribution in [3.63, 3.8) is 0 Å². The maximum atomic E-state index is 4.76. The Morgan fingerprint density at radius 2 is 0.862 bits per heavy atom. The van der Waals surface area contributed by atoms with E-state index < -0.39 is 0 Å². The molecule has 2 aliphatic rings. The van der Waals surface area contributed by atoms with Crippen LogP contribution in [-0.2, 0) is 25.7 Å². The van der Waals surface area contributed by atoms with Gasteiger partial charge in [0.2, 0.25) is 0 Å². The van der Waals surface area contributed by atoms with Crippen molar-refractivity contribution in [3.8, 4) is 0 Å². The lowest BCUT2D eigenvalue weighted by molar-refractivity contribution is 1.02. The standard InChI is InChI=1S/C20H18N4.C4H5N/c1-2-14-10-16-5-6-18(23-16)12-20-8-7-19(24-20)11-17-4-3-15(22-17)9-13(1)21-14;1-2-4-5-3-1/h1-2,7-12,21,24H,3-6H2;1-5H. The second-order valence-electron chi connectivity index (χ2n) is 7.39. The number of fused-ring (bicyclic) bond motifs is 8. The maximum absolute atomic E-state index is 4.76. The van der Waals surface area contributed by atoms with E-state index in [-0.39, 0.29) is 0 Å². The fourth-order valence-corrected chi connectivity index (χ4v) is 3.71. The Labute approximate surface area is 168 Å². The van der Waals surface area contributed by atoms with Crippen molar-refractivity contribution in [1.82, 2.24) is 24.9 Å². The van der Waals surface area contributed by atoms with E-state index in [4.69, 9.17) is 9.97 Å². The summed E-state index contributed by atoms with van der Waals surface area (Å²) < 4.78 is 0. The second-order valence-corrected chi connectivity index (χ2v) is 7.39. The monoisotopic (exact) mass is 381 g/mol. The average molecular weight is 381 g/mol. The van der Waals surface area contributed by atoms with E-state index >= 15 is 0 Å². The number of aryl methyl sites for hydroxylation is 4. The molecule has 5 nitrogen and oxygen atoms in total. The van der Waals surface area contributed by atoms with Crippen LogP contribution >= 0.6 is 0 Å². The van der Waals surface area contributed by atoms with Crippen LogP contribution < -0.4 is 0 Å². The SMILES string of the molecule is c1cc2cc3nc(cc4ccc(cc5nc(cc1[nH]2)CC5)[nH]4)CC3.c1cc[nH]c1. The van der Waals surface area contributed by atoms with E-state index in [1.165, 1.54) is 0 Å². The van der Waals surface area contributed by atoms with Gasteiger partial charge in [0.1, 0.15) is 0 Å². The molecule has 29 heavy (non-hydrogen) atoms. The Morgan fingerprint density at radius 1 is 0.517 bits per heavy atom. The highest BCUT2D eigenvalue weighted by Gasteiger charge is 2.07. The molecule has 0 aliphatic carbocycles. The fraction of sp³-hybridized carbons (Fsp3) is 0.167. The molecule has 144 valence electrons. The number of aromatic amines is 3. The molecule has 6 heterocycles. The van der Waals surface area contributed by atoms with Crippen LogP contribution in [-0.4, -0.2) is 24.9 Å². The van der Waals surface area contributed by atoms with Crippen molar-refractivity contribution in [2.24, 2.45) is 0 Å². The Balaban J connectivity index is 0.000000319. The Hall–Kier alpha value is -3.60. The van der Waals surface area contributed by atoms with Crippen molar-refractivity contribution in [1.29, 1.82) is 0 Å². The molecule has 5 heteroatoms. The van der Waals surface area contributed by atoms with Crippen LogP contribution in [0.3, 0.4) is 0 Å². The van der Waals surface area contributed by atoms with E-state index in [1.54, 1.807) is 0 Å². The summed E-state index contributed by atoms with van der Waals surface area (Å²) in [5, 5.41) is 0. The van der Waals surface area contributed by atoms with Gasteiger partial charge in [-0.05, 0) is 86.3 Å². The van der Waals surface area contributed by atoms with Gasteiger partial charge < -0.3 is 15.0 Å². The largest absolute Gasteiger partial charge is 0.368 e. The molecule has 3 N–H and O–H groups in total. The Bertz CT molecular complexity index is 1080. The van der Waals surface area contributed by atoms with E-state index in [0.717, 1.165) is 70.5 Å². The van der Waals surface area contributed by atoms with Gasteiger partial charge in [-0.25, -0.2) is 0 Å². The van der Waals surface area contributed by atoms with E-state index in [9.17, 15) is 0 Å². The molecular formula is C24H23N5. The molecule has 0 unspecified atom stereocenters. The Kier molecular flexibility index (Phi) is 4.70. The summed E-state index contributed by atoms with van der Waals surface area (Å²) in [7, 11) is 0. The number of nitrogens with zero attached hydrogens (tertiary/aromatic N) is 2. The molecule has 0 saturated heterocycles. The molecule has 0 atom stereocenters. The smallest absolute Gasteiger partial charge is 0.0431 e. The lowest BCUT2D eigenvalue weighted by Gasteiger charge is -1.85. The highest BCUT2D eigenvalue weighted by molar-refractivity contribution is 5.61. The molecule has 0 spiro atoms. The normalized spacial score (nSPS) is 13.0. The molecule has 6 rings (SSSR count). The molecular weight excluding hydrogens is 358 g/mol. The van der Waals surface area contributed by atoms with Crippen LogP contribution in [0.4, 0.5) is 0 Å². The first-order valence-corrected chi connectivity index (χ1v) is 10.0. The summed E-state index contributed by atoms with van der Waals surface area (Å²) in [5.41, 5.74) is 8.94. The topological polar surface area (TPSA) is 73.2 Å². The molecule has 8 bridgehead atoms. The van der Waals surface area contributed by atoms with Gasteiger partial charge in [0, 0.05) is 57.2 Å². The van der Waals surface area contributed by atoms with Gasteiger partial charge in [0.05, 0.1) is 0 Å². The summed E-state index contributed by atoms with van der Waals surface area (Å²) in [6.07, 6.45) is 7.73. The second kappa shape index (κ2) is 7.80. The van der Waals surface area contributed by atoms with Crippen molar-refractivity contribution in [3.05, 3.63) is 95.8 Å². The molecule has 4 aromatic heterocycles. The highest BCUT2D eigenvalue weighted by Crippen LogP contribution is 2.16. The maximum Gasteiger partial charge on any atom is 0.0431 e. The molecule has 2 aliphatic heterocycles. The van der Waals surface area contributed by atoms with Crippen molar-refractivity contribution in [2.75, 3.05) is 0 Å². The summed E-state index contributed by atoms with van der Waals surface area (Å²) in [4.78, 5) is 19.3. The predicted molar refractivity (Wildman–Crippen MR) is 117 cm³/mol. The zero-order valence-corrected chi connectivity index (χ0v) is 16.2. The van der Waals surface area contributed by atoms with Crippen LogP contribution in [0, 0.1) is 0 Å². The third kappa shape index (κ3) is 4.29. The van der Waals surface area contributed by atoms with Gasteiger partial charge in [-0.3, -0.25) is 9.97 Å². The van der Waals surface area contributed by atoms with Gasteiger partial charge in [-0.2, -0.15) is 0 Å². The van der Waals surface area contributed by atoms with Crippen molar-refractivity contribution < 1.29 is 0 Å². The van der Waals surface area contributed by atoms with E-state index in [1.807, 2.05) is 24.5 Å². The van der Waals surface area contributed by atoms with Gasteiger partial charge in [0.15, 0.2) is 0 Å². The minimum atomic E-state index is 0.994. The lowest BCUT2D eigenvalue weighted by atomic mass is 10.2. The van der Waals surface area contributed by atoms with Crippen LogP contribution in [0.1, 0.15) is 22.8 Å². The molecule has 0 saturated carbocycles. The first-order chi connectivity index (χ1) is 14.3. The zero-order chi connectivity index (χ0) is 19.5. The number of aromatic nitrogens is 5. The third-order valence-electron chi connectivity index (χ3n) is 5.10. The summed E-state index contributed by atoms with van der Waals surface area (Å²) in [5.74, 6) is 0. The first kappa shape index (κ1) is 17.5. The molecule has 0 fully saturated rings.